The van der Waals surface area contributed by atoms with E-state index in [0.717, 1.165) is 0 Å². The van der Waals surface area contributed by atoms with Gasteiger partial charge in [-0.1, -0.05) is 18.8 Å². The molecule has 0 N–H and O–H groups in total. The summed E-state index contributed by atoms with van der Waals surface area (Å²) in [7, 11) is 0. The monoisotopic (exact) mass is 150 g/mol. The summed E-state index contributed by atoms with van der Waals surface area (Å²) < 4.78 is 0. The van der Waals surface area contributed by atoms with Gasteiger partial charge in [-0.2, -0.15) is 0 Å². The number of rotatable bonds is 1. The minimum absolute atomic E-state index is 0.0305. The third-order valence-electron chi connectivity index (χ3n) is 1.07. The first-order valence-electron chi connectivity index (χ1n) is 3.76. The van der Waals surface area contributed by atoms with E-state index in [1.54, 1.807) is 0 Å². The molecule has 0 amide bonds. The summed E-state index contributed by atoms with van der Waals surface area (Å²) in [5.41, 5.74) is 0.525. The van der Waals surface area contributed by atoms with Gasteiger partial charge in [0.25, 0.3) is 0 Å². The number of hydrogen-bond donors (Lipinski definition) is 0. The van der Waals surface area contributed by atoms with Gasteiger partial charge >= 0.3 is 0 Å². The molecule has 0 aromatic rings. The van der Waals surface area contributed by atoms with Crippen molar-refractivity contribution in [2.75, 3.05) is 0 Å². The van der Waals surface area contributed by atoms with E-state index in [1.165, 1.54) is 0 Å². The highest BCUT2D eigenvalue weighted by Crippen LogP contribution is 2.10. The Bertz CT molecular complexity index is 226. The van der Waals surface area contributed by atoms with Crippen LogP contribution in [0.15, 0.2) is 5.57 Å². The van der Waals surface area contributed by atoms with Crippen molar-refractivity contribution in [2.24, 2.45) is 5.41 Å². The fraction of sp³-hybridized carbons (Fsp3) is 0.600. The van der Waals surface area contributed by atoms with Gasteiger partial charge in [0.2, 0.25) is 0 Å². The first-order chi connectivity index (χ1) is 4.99. The maximum absolute atomic E-state index is 10.2. The van der Waals surface area contributed by atoms with Crippen LogP contribution in [0.1, 0.15) is 34.1 Å². The average molecular weight is 150 g/mol. The highest BCUT2D eigenvalue weighted by molar-refractivity contribution is 5.60. The summed E-state index contributed by atoms with van der Waals surface area (Å²) >= 11 is 0. The Kier molecular flexibility index (Phi) is 3.65. The topological polar surface area (TPSA) is 17.1 Å². The van der Waals surface area contributed by atoms with E-state index in [9.17, 15) is 4.79 Å². The average Bonchev–Trinajstić information content (AvgIpc) is 1.88. The fourth-order valence-electron chi connectivity index (χ4n) is 0.449. The lowest BCUT2D eigenvalue weighted by Crippen LogP contribution is -1.99. The van der Waals surface area contributed by atoms with Crippen molar-refractivity contribution in [3.63, 3.8) is 0 Å². The molecule has 1 nitrogen and oxygen atoms in total. The molecule has 0 aliphatic carbocycles. The Morgan fingerprint density at radius 2 is 1.91 bits per heavy atom. The second kappa shape index (κ2) is 4.01. The van der Waals surface area contributed by atoms with E-state index in [4.69, 9.17) is 0 Å². The van der Waals surface area contributed by atoms with Crippen LogP contribution in [-0.4, -0.2) is 5.94 Å². The second-order valence-corrected chi connectivity index (χ2v) is 3.43. The van der Waals surface area contributed by atoms with Crippen LogP contribution in [0.5, 0.6) is 0 Å². The standard InChI is InChI=1S/C10H14O/c1-5-9(8-11)6-7-10(2,3)4/h5H2,1-4H3. The molecule has 0 unspecified atom stereocenters. The molecule has 0 atom stereocenters. The minimum Gasteiger partial charge on any atom is -0.232 e. The Balaban J connectivity index is 4.41. The SMILES string of the molecule is CCC(=C=O)C#CC(C)(C)C. The van der Waals surface area contributed by atoms with Gasteiger partial charge in [-0.3, -0.25) is 0 Å². The van der Waals surface area contributed by atoms with Crippen molar-refractivity contribution in [3.05, 3.63) is 5.57 Å². The van der Waals surface area contributed by atoms with Crippen LogP contribution < -0.4 is 0 Å². The van der Waals surface area contributed by atoms with Gasteiger partial charge in [0.05, 0.1) is 5.57 Å². The molecule has 0 saturated carbocycles. The van der Waals surface area contributed by atoms with Crippen LogP contribution in [0.25, 0.3) is 0 Å². The summed E-state index contributed by atoms with van der Waals surface area (Å²) in [6.45, 7) is 7.94. The highest BCUT2D eigenvalue weighted by Gasteiger charge is 2.03. The van der Waals surface area contributed by atoms with Crippen molar-refractivity contribution in [1.29, 1.82) is 0 Å². The van der Waals surface area contributed by atoms with Crippen molar-refractivity contribution < 1.29 is 4.79 Å². The molecule has 60 valence electrons. The molecule has 0 aliphatic rings. The zero-order valence-electron chi connectivity index (χ0n) is 7.62. The van der Waals surface area contributed by atoms with E-state index in [2.05, 4.69) is 11.8 Å². The first kappa shape index (κ1) is 10.0. The minimum atomic E-state index is -0.0305. The molecule has 0 aliphatic heterocycles. The summed E-state index contributed by atoms with van der Waals surface area (Å²) in [4.78, 5) is 10.2. The molecule has 0 fully saturated rings. The smallest absolute Gasteiger partial charge is 0.137 e. The lowest BCUT2D eigenvalue weighted by molar-refractivity contribution is 0.566. The van der Waals surface area contributed by atoms with Crippen LogP contribution in [0.4, 0.5) is 0 Å². The van der Waals surface area contributed by atoms with Crippen LogP contribution in [0, 0.1) is 17.3 Å². The fourth-order valence-corrected chi connectivity index (χ4v) is 0.449. The quantitative estimate of drug-likeness (QED) is 0.413. The third-order valence-corrected chi connectivity index (χ3v) is 1.07. The van der Waals surface area contributed by atoms with E-state index >= 15 is 0 Å². The van der Waals surface area contributed by atoms with Crippen LogP contribution >= 0.6 is 0 Å². The molecule has 0 spiro atoms. The predicted octanol–water partition coefficient (Wildman–Crippen LogP) is 2.20. The van der Waals surface area contributed by atoms with Gasteiger partial charge in [0, 0.05) is 5.41 Å². The zero-order chi connectivity index (χ0) is 8.91. The van der Waals surface area contributed by atoms with Gasteiger partial charge in [0.1, 0.15) is 5.94 Å². The molecule has 0 aromatic heterocycles. The predicted molar refractivity (Wildman–Crippen MR) is 46.7 cm³/mol. The Hall–Kier alpha value is -0.990. The normalized spacial score (nSPS) is 9.45. The van der Waals surface area contributed by atoms with Gasteiger partial charge in [0.15, 0.2) is 0 Å². The molecule has 11 heavy (non-hydrogen) atoms. The second-order valence-electron chi connectivity index (χ2n) is 3.43. The van der Waals surface area contributed by atoms with Crippen LogP contribution in [0.3, 0.4) is 0 Å². The van der Waals surface area contributed by atoms with E-state index in [-0.39, 0.29) is 5.41 Å². The third kappa shape index (κ3) is 5.45. The number of allylic oxidation sites excluding steroid dienone is 1. The lowest BCUT2D eigenvalue weighted by atomic mass is 9.97. The summed E-state index contributed by atoms with van der Waals surface area (Å²) in [6, 6.07) is 0. The van der Waals surface area contributed by atoms with E-state index < -0.39 is 0 Å². The molecule has 0 saturated heterocycles. The van der Waals surface area contributed by atoms with Crippen molar-refractivity contribution in [1.82, 2.24) is 0 Å². The van der Waals surface area contributed by atoms with Crippen molar-refractivity contribution >= 4 is 5.94 Å². The van der Waals surface area contributed by atoms with Crippen molar-refractivity contribution in [3.8, 4) is 11.8 Å². The highest BCUT2D eigenvalue weighted by atomic mass is 16.1. The molecule has 0 bridgehead atoms. The first-order valence-corrected chi connectivity index (χ1v) is 3.76. The lowest BCUT2D eigenvalue weighted by Gasteiger charge is -2.06. The molecule has 1 heteroatoms. The molecular weight excluding hydrogens is 136 g/mol. The Morgan fingerprint density at radius 3 is 2.18 bits per heavy atom. The Labute approximate surface area is 68.5 Å². The largest absolute Gasteiger partial charge is 0.232 e. The van der Waals surface area contributed by atoms with E-state index in [1.807, 2.05) is 33.6 Å². The molecule has 0 rings (SSSR count). The molecule has 0 aromatic carbocycles. The molecule has 0 radical (unpaired) electrons. The number of carbonyl (C=O) groups excluding carboxylic acids is 1. The van der Waals surface area contributed by atoms with E-state index in [0.29, 0.717) is 12.0 Å². The number of hydrogen-bond acceptors (Lipinski definition) is 1. The summed E-state index contributed by atoms with van der Waals surface area (Å²) in [6.07, 6.45) is 0.673. The van der Waals surface area contributed by atoms with Crippen LogP contribution in [-0.2, 0) is 4.79 Å². The molecular formula is C10H14O. The van der Waals surface area contributed by atoms with Crippen LogP contribution in [0.2, 0.25) is 0 Å². The van der Waals surface area contributed by atoms with Gasteiger partial charge in [-0.15, -0.1) is 0 Å². The molecule has 0 heterocycles. The summed E-state index contributed by atoms with van der Waals surface area (Å²) in [5.74, 6) is 7.59. The zero-order valence-corrected chi connectivity index (χ0v) is 7.62. The Morgan fingerprint density at radius 1 is 1.36 bits per heavy atom. The maximum atomic E-state index is 10.2. The van der Waals surface area contributed by atoms with Gasteiger partial charge < -0.3 is 0 Å². The van der Waals surface area contributed by atoms with Gasteiger partial charge in [-0.05, 0) is 27.2 Å². The van der Waals surface area contributed by atoms with Gasteiger partial charge in [-0.25, -0.2) is 4.79 Å². The van der Waals surface area contributed by atoms with Crippen molar-refractivity contribution in [2.45, 2.75) is 34.1 Å². The summed E-state index contributed by atoms with van der Waals surface area (Å²) in [5, 5.41) is 0. The maximum Gasteiger partial charge on any atom is 0.137 e.